The fraction of sp³-hybridized carbons (Fsp3) is 0.909. The number of rotatable bonds is 8. The third-order valence-electron chi connectivity index (χ3n) is 2.45. The van der Waals surface area contributed by atoms with Crippen molar-refractivity contribution in [3.8, 4) is 0 Å². The van der Waals surface area contributed by atoms with Gasteiger partial charge in [0, 0.05) is 11.5 Å². The van der Waals surface area contributed by atoms with Crippen LogP contribution < -0.4 is 0 Å². The van der Waals surface area contributed by atoms with E-state index in [1.54, 1.807) is 0 Å². The van der Waals surface area contributed by atoms with Gasteiger partial charge in [-0.1, -0.05) is 18.0 Å². The Morgan fingerprint density at radius 1 is 1.38 bits per heavy atom. The molecule has 0 aliphatic carbocycles. The molecule has 0 aromatic heterocycles. The van der Waals surface area contributed by atoms with E-state index in [1.165, 1.54) is 0 Å². The second-order valence-electron chi connectivity index (χ2n) is 4.37. The monoisotopic (exact) mass is 227 g/mol. The average molecular weight is 227 g/mol. The van der Waals surface area contributed by atoms with Crippen LogP contribution in [0.5, 0.6) is 0 Å². The van der Waals surface area contributed by atoms with Gasteiger partial charge in [-0.2, -0.15) is 0 Å². The van der Waals surface area contributed by atoms with Gasteiger partial charge in [0.05, 0.1) is 12.0 Å². The van der Waals surface area contributed by atoms with E-state index in [0.717, 1.165) is 25.7 Å². The van der Waals surface area contributed by atoms with E-state index in [-0.39, 0.29) is 5.97 Å². The molecule has 0 saturated carbocycles. The molecule has 0 aliphatic rings. The molecule has 0 heterocycles. The van der Waals surface area contributed by atoms with Gasteiger partial charge in [0.2, 0.25) is 0 Å². The minimum atomic E-state index is -0.408. The van der Waals surface area contributed by atoms with Crippen molar-refractivity contribution in [2.75, 3.05) is 13.2 Å². The van der Waals surface area contributed by atoms with Gasteiger partial charge in [-0.25, -0.2) is 0 Å². The first-order valence-electron chi connectivity index (χ1n) is 5.72. The van der Waals surface area contributed by atoms with E-state index >= 15 is 0 Å². The number of carbonyl (C=O) groups excluding carboxylic acids is 1. The van der Waals surface area contributed by atoms with Gasteiger partial charge < -0.3 is 4.74 Å². The third-order valence-corrected chi connectivity index (χ3v) is 2.45. The van der Waals surface area contributed by atoms with Crippen molar-refractivity contribution in [2.24, 2.45) is 10.5 Å². The summed E-state index contributed by atoms with van der Waals surface area (Å²) in [5, 5.41) is 3.46. The fourth-order valence-corrected chi connectivity index (χ4v) is 1.40. The zero-order valence-corrected chi connectivity index (χ0v) is 10.4. The number of nitrogens with zero attached hydrogens (tertiary/aromatic N) is 3. The van der Waals surface area contributed by atoms with Crippen molar-refractivity contribution in [3.05, 3.63) is 10.4 Å². The van der Waals surface area contributed by atoms with Gasteiger partial charge in [-0.15, -0.1) is 0 Å². The topological polar surface area (TPSA) is 75.1 Å². The third kappa shape index (κ3) is 6.30. The summed E-state index contributed by atoms with van der Waals surface area (Å²) in [7, 11) is 0. The second kappa shape index (κ2) is 7.99. The molecule has 0 N–H and O–H groups in total. The summed E-state index contributed by atoms with van der Waals surface area (Å²) in [6.45, 7) is 6.58. The highest BCUT2D eigenvalue weighted by atomic mass is 16.5. The minimum absolute atomic E-state index is 0.134. The lowest BCUT2D eigenvalue weighted by molar-refractivity contribution is -0.153. The van der Waals surface area contributed by atoms with Crippen molar-refractivity contribution < 1.29 is 9.53 Å². The SMILES string of the molecule is CCOC(=O)C(C)(C)CCCCCN=[N+]=[N-]. The maximum absolute atomic E-state index is 11.5. The van der Waals surface area contributed by atoms with Gasteiger partial charge in [-0.05, 0) is 39.1 Å². The van der Waals surface area contributed by atoms with Crippen LogP contribution in [0.15, 0.2) is 5.11 Å². The molecule has 5 heteroatoms. The lowest BCUT2D eigenvalue weighted by Crippen LogP contribution is -2.26. The van der Waals surface area contributed by atoms with Gasteiger partial charge in [0.1, 0.15) is 0 Å². The zero-order chi connectivity index (χ0) is 12.4. The van der Waals surface area contributed by atoms with E-state index in [4.69, 9.17) is 10.3 Å². The van der Waals surface area contributed by atoms with E-state index in [9.17, 15) is 4.79 Å². The van der Waals surface area contributed by atoms with Crippen LogP contribution in [-0.4, -0.2) is 19.1 Å². The maximum atomic E-state index is 11.5. The van der Waals surface area contributed by atoms with Gasteiger partial charge >= 0.3 is 5.97 Å². The quantitative estimate of drug-likeness (QED) is 0.209. The second-order valence-corrected chi connectivity index (χ2v) is 4.37. The average Bonchev–Trinajstić information content (AvgIpc) is 2.23. The molecule has 0 rings (SSSR count). The van der Waals surface area contributed by atoms with Crippen LogP contribution >= 0.6 is 0 Å². The zero-order valence-electron chi connectivity index (χ0n) is 10.4. The molecule has 0 unspecified atom stereocenters. The lowest BCUT2D eigenvalue weighted by Gasteiger charge is -2.21. The Bertz CT molecular complexity index is 258. The highest BCUT2D eigenvalue weighted by Gasteiger charge is 2.28. The molecule has 0 fully saturated rings. The molecule has 0 atom stereocenters. The Balaban J connectivity index is 3.73. The van der Waals surface area contributed by atoms with E-state index in [1.807, 2.05) is 20.8 Å². The van der Waals surface area contributed by atoms with Crippen LogP contribution in [-0.2, 0) is 9.53 Å². The number of ether oxygens (including phenoxy) is 1. The predicted octanol–water partition coefficient (Wildman–Crippen LogP) is 3.45. The van der Waals surface area contributed by atoms with Crippen LogP contribution in [0.2, 0.25) is 0 Å². The molecule has 0 saturated heterocycles. The van der Waals surface area contributed by atoms with Crippen molar-refractivity contribution >= 4 is 5.97 Å². The molecule has 16 heavy (non-hydrogen) atoms. The van der Waals surface area contributed by atoms with Crippen LogP contribution in [0.1, 0.15) is 46.5 Å². The largest absolute Gasteiger partial charge is 0.466 e. The molecule has 0 amide bonds. The highest BCUT2D eigenvalue weighted by Crippen LogP contribution is 2.25. The molecule has 0 aromatic rings. The van der Waals surface area contributed by atoms with E-state index in [0.29, 0.717) is 13.2 Å². The van der Waals surface area contributed by atoms with Crippen molar-refractivity contribution in [2.45, 2.75) is 46.5 Å². The number of hydrogen-bond donors (Lipinski definition) is 0. The van der Waals surface area contributed by atoms with Crippen molar-refractivity contribution in [3.63, 3.8) is 0 Å². The Labute approximate surface area is 96.8 Å². The molecule has 0 aliphatic heterocycles. The lowest BCUT2D eigenvalue weighted by atomic mass is 9.87. The Morgan fingerprint density at radius 3 is 2.62 bits per heavy atom. The van der Waals surface area contributed by atoms with Crippen LogP contribution in [0, 0.1) is 5.41 Å². The number of carbonyl (C=O) groups is 1. The Morgan fingerprint density at radius 2 is 2.06 bits per heavy atom. The molecule has 0 aromatic carbocycles. The summed E-state index contributed by atoms with van der Waals surface area (Å²) in [6, 6.07) is 0. The van der Waals surface area contributed by atoms with Crippen LogP contribution in [0.25, 0.3) is 10.4 Å². The molecular formula is C11H21N3O2. The highest BCUT2D eigenvalue weighted by molar-refractivity contribution is 5.75. The number of azide groups is 1. The summed E-state index contributed by atoms with van der Waals surface area (Å²) in [5.41, 5.74) is 7.67. The first-order valence-corrected chi connectivity index (χ1v) is 5.72. The minimum Gasteiger partial charge on any atom is -0.466 e. The van der Waals surface area contributed by atoms with E-state index < -0.39 is 5.41 Å². The Kier molecular flexibility index (Phi) is 7.38. The summed E-state index contributed by atoms with van der Waals surface area (Å²) in [4.78, 5) is 14.2. The summed E-state index contributed by atoms with van der Waals surface area (Å²) in [5.74, 6) is -0.134. The number of hydrogen-bond acceptors (Lipinski definition) is 3. The molecule has 0 spiro atoms. The number of esters is 1. The van der Waals surface area contributed by atoms with Crippen LogP contribution in [0.4, 0.5) is 0 Å². The van der Waals surface area contributed by atoms with E-state index in [2.05, 4.69) is 10.0 Å². The smallest absolute Gasteiger partial charge is 0.311 e. The fourth-order valence-electron chi connectivity index (χ4n) is 1.40. The standard InChI is InChI=1S/C11H21N3O2/c1-4-16-10(15)11(2,3)8-6-5-7-9-13-14-12/h4-9H2,1-3H3. The normalized spacial score (nSPS) is 10.7. The van der Waals surface area contributed by atoms with Gasteiger partial charge in [-0.3, -0.25) is 4.79 Å². The molecular weight excluding hydrogens is 206 g/mol. The molecule has 0 radical (unpaired) electrons. The van der Waals surface area contributed by atoms with Gasteiger partial charge in [0.25, 0.3) is 0 Å². The first-order chi connectivity index (χ1) is 7.54. The summed E-state index contributed by atoms with van der Waals surface area (Å²) < 4.78 is 5.00. The number of unbranched alkanes of at least 4 members (excludes halogenated alkanes) is 2. The van der Waals surface area contributed by atoms with Crippen molar-refractivity contribution in [1.29, 1.82) is 0 Å². The summed E-state index contributed by atoms with van der Waals surface area (Å²) >= 11 is 0. The van der Waals surface area contributed by atoms with Crippen molar-refractivity contribution in [1.82, 2.24) is 0 Å². The van der Waals surface area contributed by atoms with Gasteiger partial charge in [0.15, 0.2) is 0 Å². The maximum Gasteiger partial charge on any atom is 0.311 e. The Hall–Kier alpha value is -1.22. The molecule has 0 bridgehead atoms. The summed E-state index contributed by atoms with van der Waals surface area (Å²) in [6.07, 6.45) is 3.61. The van der Waals surface area contributed by atoms with Crippen LogP contribution in [0.3, 0.4) is 0 Å². The molecule has 92 valence electrons. The molecule has 5 nitrogen and oxygen atoms in total. The first kappa shape index (κ1) is 14.8. The predicted molar refractivity (Wildman–Crippen MR) is 62.9 cm³/mol.